The lowest BCUT2D eigenvalue weighted by molar-refractivity contribution is 0.0985. The zero-order valence-corrected chi connectivity index (χ0v) is 19.5. The molecule has 0 bridgehead atoms. The molecule has 0 atom stereocenters. The Morgan fingerprint density at radius 2 is 1.93 bits per heavy atom. The number of halogens is 3. The van der Waals surface area contributed by atoms with E-state index >= 15 is 0 Å². The molecule has 0 saturated carbocycles. The van der Waals surface area contributed by atoms with E-state index < -0.39 is 0 Å². The van der Waals surface area contributed by atoms with Gasteiger partial charge in [0.05, 0.1) is 15.8 Å². The molecule has 0 aliphatic carbocycles. The third-order valence-electron chi connectivity index (χ3n) is 3.91. The summed E-state index contributed by atoms with van der Waals surface area (Å²) in [7, 11) is 4.07. The zero-order valence-electron chi connectivity index (χ0n) is 15.0. The molecule has 8 heteroatoms. The van der Waals surface area contributed by atoms with Crippen LogP contribution in [0.15, 0.2) is 42.5 Å². The van der Waals surface area contributed by atoms with E-state index in [0.29, 0.717) is 22.3 Å². The summed E-state index contributed by atoms with van der Waals surface area (Å²) in [6.45, 7) is 1.53. The Kier molecular flexibility index (Phi) is 8.30. The fraction of sp³-hybridized carbons (Fsp3) is 0.263. The summed E-state index contributed by atoms with van der Waals surface area (Å²) < 4.78 is 1.93. The number of carbonyl (C=O) groups excluding carboxylic acids is 1. The number of thiazole rings is 1. The molecule has 0 aliphatic heterocycles. The zero-order chi connectivity index (χ0) is 18.7. The monoisotopic (exact) mass is 535 g/mol. The summed E-state index contributed by atoms with van der Waals surface area (Å²) in [4.78, 5) is 21.8. The van der Waals surface area contributed by atoms with E-state index in [4.69, 9.17) is 11.6 Å². The van der Waals surface area contributed by atoms with Gasteiger partial charge in [0.25, 0.3) is 5.91 Å². The Morgan fingerprint density at radius 1 is 1.19 bits per heavy atom. The summed E-state index contributed by atoms with van der Waals surface area (Å²) in [5.41, 5.74) is 1.57. The van der Waals surface area contributed by atoms with Gasteiger partial charge in [-0.15, -0.1) is 12.4 Å². The topological polar surface area (TPSA) is 36.4 Å². The molecule has 1 heterocycles. The number of anilines is 1. The van der Waals surface area contributed by atoms with Crippen molar-refractivity contribution in [1.82, 2.24) is 9.88 Å². The molecule has 0 N–H and O–H groups in total. The van der Waals surface area contributed by atoms with Crippen molar-refractivity contribution < 1.29 is 4.79 Å². The minimum Gasteiger partial charge on any atom is -0.309 e. The fourth-order valence-corrected chi connectivity index (χ4v) is 4.50. The lowest BCUT2D eigenvalue weighted by Crippen LogP contribution is -2.33. The summed E-state index contributed by atoms with van der Waals surface area (Å²) in [5, 5.41) is 1.39. The smallest absolute Gasteiger partial charge is 0.261 e. The molecule has 0 saturated heterocycles. The molecule has 0 spiro atoms. The first-order valence-corrected chi connectivity index (χ1v) is 10.5. The highest BCUT2D eigenvalue weighted by atomic mass is 127. The Labute approximate surface area is 188 Å². The molecule has 0 fully saturated rings. The van der Waals surface area contributed by atoms with Gasteiger partial charge < -0.3 is 4.90 Å². The van der Waals surface area contributed by atoms with Crippen LogP contribution < -0.4 is 4.90 Å². The Hall–Kier alpha value is -0.930. The number of rotatable bonds is 6. The molecule has 1 aromatic heterocycles. The number of carbonyl (C=O) groups is 1. The van der Waals surface area contributed by atoms with Crippen LogP contribution in [0.3, 0.4) is 0 Å². The van der Waals surface area contributed by atoms with Gasteiger partial charge in [-0.05, 0) is 80.0 Å². The first kappa shape index (κ1) is 22.4. The predicted molar refractivity (Wildman–Crippen MR) is 126 cm³/mol. The van der Waals surface area contributed by atoms with E-state index in [1.807, 2.05) is 56.6 Å². The molecule has 3 aromatic rings. The van der Waals surface area contributed by atoms with Gasteiger partial charge in [-0.1, -0.05) is 35.1 Å². The summed E-state index contributed by atoms with van der Waals surface area (Å²) in [5.74, 6) is -0.0149. The molecule has 3 rings (SSSR count). The quantitative estimate of drug-likeness (QED) is 0.387. The third-order valence-corrected chi connectivity index (χ3v) is 6.12. The van der Waals surface area contributed by atoms with Crippen LogP contribution in [0.4, 0.5) is 5.13 Å². The number of hydrogen-bond donors (Lipinski definition) is 0. The van der Waals surface area contributed by atoms with Crippen LogP contribution in [-0.2, 0) is 0 Å². The van der Waals surface area contributed by atoms with Crippen LogP contribution in [0.25, 0.3) is 10.2 Å². The van der Waals surface area contributed by atoms with Gasteiger partial charge in [0.1, 0.15) is 0 Å². The second-order valence-electron chi connectivity index (χ2n) is 6.20. The molecule has 0 aliphatic rings. The molecule has 0 radical (unpaired) electrons. The van der Waals surface area contributed by atoms with Gasteiger partial charge in [-0.25, -0.2) is 4.98 Å². The maximum atomic E-state index is 13.2. The summed E-state index contributed by atoms with van der Waals surface area (Å²) in [6.07, 6.45) is 0.874. The number of nitrogens with zero attached hydrogens (tertiary/aromatic N) is 3. The Balaban J connectivity index is 0.00000261. The molecular weight excluding hydrogens is 516 g/mol. The van der Waals surface area contributed by atoms with Crippen molar-refractivity contribution in [3.05, 3.63) is 56.6 Å². The van der Waals surface area contributed by atoms with E-state index in [0.717, 1.165) is 26.8 Å². The molecule has 27 heavy (non-hydrogen) atoms. The minimum absolute atomic E-state index is 0. The SMILES string of the molecule is CN(C)CCCN(C(=O)c1ccccc1I)c1nc2ccc(Cl)cc2s1.Cl. The van der Waals surface area contributed by atoms with Crippen molar-refractivity contribution in [3.8, 4) is 0 Å². The molecule has 1 amide bonds. The predicted octanol–water partition coefficient (Wildman–Crippen LogP) is 5.57. The van der Waals surface area contributed by atoms with Gasteiger partial charge >= 0.3 is 0 Å². The van der Waals surface area contributed by atoms with E-state index in [2.05, 4.69) is 32.5 Å². The molecule has 0 unspecified atom stereocenters. The van der Waals surface area contributed by atoms with Gasteiger partial charge in [-0.3, -0.25) is 9.69 Å². The highest BCUT2D eigenvalue weighted by molar-refractivity contribution is 14.1. The highest BCUT2D eigenvalue weighted by Crippen LogP contribution is 2.32. The molecular formula is C19H20Cl2IN3OS. The molecule has 2 aromatic carbocycles. The van der Waals surface area contributed by atoms with Crippen molar-refractivity contribution in [2.45, 2.75) is 6.42 Å². The van der Waals surface area contributed by atoms with Crippen molar-refractivity contribution in [1.29, 1.82) is 0 Å². The molecule has 4 nitrogen and oxygen atoms in total. The fourth-order valence-electron chi connectivity index (χ4n) is 2.61. The van der Waals surface area contributed by atoms with Crippen LogP contribution in [0.2, 0.25) is 5.02 Å². The van der Waals surface area contributed by atoms with Crippen molar-refractivity contribution in [3.63, 3.8) is 0 Å². The van der Waals surface area contributed by atoms with E-state index in [1.165, 1.54) is 11.3 Å². The summed E-state index contributed by atoms with van der Waals surface area (Å²) in [6, 6.07) is 13.3. The number of hydrogen-bond acceptors (Lipinski definition) is 4. The molecule has 144 valence electrons. The van der Waals surface area contributed by atoms with Crippen LogP contribution in [0.5, 0.6) is 0 Å². The third kappa shape index (κ3) is 5.54. The maximum absolute atomic E-state index is 13.2. The Bertz CT molecular complexity index is 932. The Morgan fingerprint density at radius 3 is 2.63 bits per heavy atom. The lowest BCUT2D eigenvalue weighted by atomic mass is 10.2. The van der Waals surface area contributed by atoms with Gasteiger partial charge in [0.15, 0.2) is 5.13 Å². The lowest BCUT2D eigenvalue weighted by Gasteiger charge is -2.21. The second-order valence-corrected chi connectivity index (χ2v) is 8.81. The van der Waals surface area contributed by atoms with E-state index in [9.17, 15) is 4.79 Å². The average Bonchev–Trinajstić information content (AvgIpc) is 3.01. The van der Waals surface area contributed by atoms with E-state index in [-0.39, 0.29) is 18.3 Å². The maximum Gasteiger partial charge on any atom is 0.261 e. The van der Waals surface area contributed by atoms with Crippen LogP contribution in [0.1, 0.15) is 16.8 Å². The largest absolute Gasteiger partial charge is 0.309 e. The first-order chi connectivity index (χ1) is 12.5. The van der Waals surface area contributed by atoms with Crippen LogP contribution >= 0.6 is 57.9 Å². The van der Waals surface area contributed by atoms with Gasteiger partial charge in [-0.2, -0.15) is 0 Å². The average molecular weight is 536 g/mol. The van der Waals surface area contributed by atoms with Gasteiger partial charge in [0, 0.05) is 15.1 Å². The van der Waals surface area contributed by atoms with Crippen molar-refractivity contribution >= 4 is 79.2 Å². The standard InChI is InChI=1S/C19H19ClIN3OS.ClH/c1-23(2)10-5-11-24(18(25)14-6-3-4-7-15(14)21)19-22-16-9-8-13(20)12-17(16)26-19;/h3-4,6-9,12H,5,10-11H2,1-2H3;1H. The normalized spacial score (nSPS) is 10.9. The highest BCUT2D eigenvalue weighted by Gasteiger charge is 2.22. The number of aromatic nitrogens is 1. The summed E-state index contributed by atoms with van der Waals surface area (Å²) >= 11 is 9.80. The first-order valence-electron chi connectivity index (χ1n) is 8.23. The number of fused-ring (bicyclic) bond motifs is 1. The van der Waals surface area contributed by atoms with Gasteiger partial charge in [0.2, 0.25) is 0 Å². The van der Waals surface area contributed by atoms with E-state index in [1.54, 1.807) is 4.90 Å². The van der Waals surface area contributed by atoms with Crippen molar-refractivity contribution in [2.24, 2.45) is 0 Å². The van der Waals surface area contributed by atoms with Crippen molar-refractivity contribution in [2.75, 3.05) is 32.1 Å². The second kappa shape index (κ2) is 10.0. The number of amides is 1. The number of benzene rings is 2. The minimum atomic E-state index is -0.0149. The van der Waals surface area contributed by atoms with Crippen LogP contribution in [-0.4, -0.2) is 43.0 Å². The van der Waals surface area contributed by atoms with Crippen LogP contribution in [0, 0.1) is 3.57 Å².